The summed E-state index contributed by atoms with van der Waals surface area (Å²) in [7, 11) is 1.58. The Bertz CT molecular complexity index is 506. The SMILES string of the molecule is COCCn1nc(C(C)(C)C)cc(CC#N)c1=O. The van der Waals surface area contributed by atoms with Gasteiger partial charge < -0.3 is 4.74 Å². The van der Waals surface area contributed by atoms with E-state index in [1.165, 1.54) is 4.68 Å². The zero-order valence-electron chi connectivity index (χ0n) is 11.4. The Morgan fingerprint density at radius 2 is 2.17 bits per heavy atom. The smallest absolute Gasteiger partial charge is 0.271 e. The maximum absolute atomic E-state index is 12.0. The molecule has 0 aromatic carbocycles. The lowest BCUT2D eigenvalue weighted by molar-refractivity contribution is 0.181. The third-order valence-electron chi connectivity index (χ3n) is 2.59. The standard InChI is InChI=1S/C13H19N3O2/c1-13(2,3)11-9-10(5-6-14)12(17)16(15-11)7-8-18-4/h9H,5,7-8H2,1-4H3. The molecule has 1 aromatic heterocycles. The normalized spacial score (nSPS) is 11.3. The van der Waals surface area contributed by atoms with Gasteiger partial charge in [-0.1, -0.05) is 20.8 Å². The van der Waals surface area contributed by atoms with Gasteiger partial charge in [0.15, 0.2) is 0 Å². The van der Waals surface area contributed by atoms with Crippen LogP contribution in [0.1, 0.15) is 32.0 Å². The molecule has 98 valence electrons. The summed E-state index contributed by atoms with van der Waals surface area (Å²) in [6.07, 6.45) is 0.109. The molecule has 0 spiro atoms. The van der Waals surface area contributed by atoms with Crippen molar-refractivity contribution in [2.45, 2.75) is 39.2 Å². The van der Waals surface area contributed by atoms with E-state index in [-0.39, 0.29) is 17.4 Å². The van der Waals surface area contributed by atoms with Crippen LogP contribution in [0.2, 0.25) is 0 Å². The van der Waals surface area contributed by atoms with Gasteiger partial charge in [0.05, 0.1) is 31.3 Å². The number of rotatable bonds is 4. The van der Waals surface area contributed by atoms with Gasteiger partial charge in [0.1, 0.15) is 0 Å². The number of hydrogen-bond donors (Lipinski definition) is 0. The Hall–Kier alpha value is -1.67. The molecule has 0 aliphatic heterocycles. The molecule has 5 heteroatoms. The number of methoxy groups -OCH3 is 1. The molecule has 0 saturated heterocycles. The van der Waals surface area contributed by atoms with Crippen LogP contribution in [0.3, 0.4) is 0 Å². The van der Waals surface area contributed by atoms with Crippen molar-refractivity contribution in [2.75, 3.05) is 13.7 Å². The topological polar surface area (TPSA) is 67.9 Å². The average molecular weight is 249 g/mol. The van der Waals surface area contributed by atoms with Gasteiger partial charge in [0, 0.05) is 18.1 Å². The van der Waals surface area contributed by atoms with Crippen molar-refractivity contribution in [3.8, 4) is 6.07 Å². The highest BCUT2D eigenvalue weighted by Crippen LogP contribution is 2.19. The number of ether oxygens (including phenoxy) is 1. The first-order chi connectivity index (χ1) is 8.40. The number of nitrogens with zero attached hydrogens (tertiary/aromatic N) is 3. The molecular weight excluding hydrogens is 230 g/mol. The average Bonchev–Trinajstić information content (AvgIpc) is 2.29. The van der Waals surface area contributed by atoms with E-state index in [0.29, 0.717) is 18.7 Å². The highest BCUT2D eigenvalue weighted by Gasteiger charge is 2.19. The van der Waals surface area contributed by atoms with Crippen LogP contribution in [0.25, 0.3) is 0 Å². The van der Waals surface area contributed by atoms with Crippen LogP contribution in [-0.2, 0) is 23.1 Å². The van der Waals surface area contributed by atoms with Gasteiger partial charge in [0.2, 0.25) is 0 Å². The maximum Gasteiger partial charge on any atom is 0.271 e. The second kappa shape index (κ2) is 5.78. The van der Waals surface area contributed by atoms with Crippen LogP contribution in [0, 0.1) is 11.3 Å². The van der Waals surface area contributed by atoms with E-state index in [9.17, 15) is 4.79 Å². The van der Waals surface area contributed by atoms with E-state index in [0.717, 1.165) is 5.69 Å². The largest absolute Gasteiger partial charge is 0.383 e. The predicted octanol–water partition coefficient (Wildman–Crippen LogP) is 1.25. The van der Waals surface area contributed by atoms with Gasteiger partial charge >= 0.3 is 0 Å². The van der Waals surface area contributed by atoms with Crippen LogP contribution in [0.4, 0.5) is 0 Å². The molecule has 0 fully saturated rings. The summed E-state index contributed by atoms with van der Waals surface area (Å²) in [6.45, 7) is 6.90. The molecule has 0 saturated carbocycles. The Morgan fingerprint density at radius 3 is 2.67 bits per heavy atom. The van der Waals surface area contributed by atoms with Gasteiger partial charge in [-0.2, -0.15) is 10.4 Å². The molecule has 0 unspecified atom stereocenters. The second-order valence-corrected chi connectivity index (χ2v) is 5.16. The van der Waals surface area contributed by atoms with Crippen molar-refractivity contribution < 1.29 is 4.74 Å². The molecule has 0 N–H and O–H groups in total. The molecule has 0 radical (unpaired) electrons. The highest BCUT2D eigenvalue weighted by atomic mass is 16.5. The fraction of sp³-hybridized carbons (Fsp3) is 0.615. The molecule has 0 aliphatic carbocycles. The Kier molecular flexibility index (Phi) is 4.62. The van der Waals surface area contributed by atoms with Crippen molar-refractivity contribution in [3.63, 3.8) is 0 Å². The van der Waals surface area contributed by atoms with Crippen LogP contribution in [0.5, 0.6) is 0 Å². The summed E-state index contributed by atoms with van der Waals surface area (Å²) in [5.41, 5.74) is 0.936. The maximum atomic E-state index is 12.0. The van der Waals surface area contributed by atoms with Crippen LogP contribution in [0.15, 0.2) is 10.9 Å². The van der Waals surface area contributed by atoms with Crippen LogP contribution in [-0.4, -0.2) is 23.5 Å². The third-order valence-corrected chi connectivity index (χ3v) is 2.59. The molecule has 1 aromatic rings. The predicted molar refractivity (Wildman–Crippen MR) is 68.4 cm³/mol. The Labute approximate surface area is 107 Å². The zero-order valence-corrected chi connectivity index (χ0v) is 11.4. The van der Waals surface area contributed by atoms with Crippen molar-refractivity contribution in [3.05, 3.63) is 27.7 Å². The first-order valence-corrected chi connectivity index (χ1v) is 5.87. The van der Waals surface area contributed by atoms with Gasteiger partial charge in [-0.3, -0.25) is 4.79 Å². The first-order valence-electron chi connectivity index (χ1n) is 5.87. The van der Waals surface area contributed by atoms with E-state index in [1.807, 2.05) is 26.8 Å². The number of hydrogen-bond acceptors (Lipinski definition) is 4. The summed E-state index contributed by atoms with van der Waals surface area (Å²) in [5.74, 6) is 0. The first kappa shape index (κ1) is 14.4. The quantitative estimate of drug-likeness (QED) is 0.805. The minimum Gasteiger partial charge on any atom is -0.383 e. The number of nitriles is 1. The van der Waals surface area contributed by atoms with Crippen molar-refractivity contribution >= 4 is 0 Å². The minimum atomic E-state index is -0.207. The van der Waals surface area contributed by atoms with E-state index in [4.69, 9.17) is 10.00 Å². The fourth-order valence-corrected chi connectivity index (χ4v) is 1.50. The Balaban J connectivity index is 3.29. The van der Waals surface area contributed by atoms with E-state index in [1.54, 1.807) is 13.2 Å². The third kappa shape index (κ3) is 3.41. The van der Waals surface area contributed by atoms with E-state index < -0.39 is 0 Å². The summed E-state index contributed by atoms with van der Waals surface area (Å²) in [6, 6.07) is 3.75. The molecule has 0 bridgehead atoms. The molecular formula is C13H19N3O2. The summed E-state index contributed by atoms with van der Waals surface area (Å²) < 4.78 is 6.35. The van der Waals surface area contributed by atoms with Crippen LogP contribution < -0.4 is 5.56 Å². The van der Waals surface area contributed by atoms with Gasteiger partial charge in [0.25, 0.3) is 5.56 Å². The van der Waals surface area contributed by atoms with E-state index >= 15 is 0 Å². The Morgan fingerprint density at radius 1 is 1.50 bits per heavy atom. The minimum absolute atomic E-state index is 0.109. The van der Waals surface area contributed by atoms with Gasteiger partial charge in [-0.25, -0.2) is 4.68 Å². The highest BCUT2D eigenvalue weighted by molar-refractivity contribution is 5.21. The van der Waals surface area contributed by atoms with Crippen molar-refractivity contribution in [1.29, 1.82) is 5.26 Å². The second-order valence-electron chi connectivity index (χ2n) is 5.16. The molecule has 0 atom stereocenters. The van der Waals surface area contributed by atoms with Gasteiger partial charge in [-0.15, -0.1) is 0 Å². The molecule has 0 amide bonds. The van der Waals surface area contributed by atoms with Gasteiger partial charge in [-0.05, 0) is 6.07 Å². The lowest BCUT2D eigenvalue weighted by Crippen LogP contribution is -2.31. The molecule has 0 aliphatic rings. The summed E-state index contributed by atoms with van der Waals surface area (Å²) >= 11 is 0. The lowest BCUT2D eigenvalue weighted by atomic mass is 9.91. The molecule has 5 nitrogen and oxygen atoms in total. The monoisotopic (exact) mass is 249 g/mol. The molecule has 1 heterocycles. The molecule has 1 rings (SSSR count). The van der Waals surface area contributed by atoms with Crippen LogP contribution >= 0.6 is 0 Å². The van der Waals surface area contributed by atoms with Crippen molar-refractivity contribution in [1.82, 2.24) is 9.78 Å². The zero-order chi connectivity index (χ0) is 13.8. The van der Waals surface area contributed by atoms with Crippen molar-refractivity contribution in [2.24, 2.45) is 0 Å². The number of aromatic nitrogens is 2. The lowest BCUT2D eigenvalue weighted by Gasteiger charge is -2.19. The molecule has 18 heavy (non-hydrogen) atoms. The summed E-state index contributed by atoms with van der Waals surface area (Å²) in [5, 5.41) is 13.1. The fourth-order valence-electron chi connectivity index (χ4n) is 1.50. The van der Waals surface area contributed by atoms with E-state index in [2.05, 4.69) is 5.10 Å². The summed E-state index contributed by atoms with van der Waals surface area (Å²) in [4.78, 5) is 12.0.